The topological polar surface area (TPSA) is 30.0 Å². The average Bonchev–Trinajstić information content (AvgIpc) is 2.46. The van der Waals surface area contributed by atoms with Crippen molar-refractivity contribution in [2.24, 2.45) is 0 Å². The zero-order valence-electron chi connectivity index (χ0n) is 7.50. The molecule has 0 N–H and O–H groups in total. The molecular weight excluding hydrogens is 182 g/mol. The Morgan fingerprint density at radius 3 is 2.92 bits per heavy atom. The maximum Gasteiger partial charge on any atom is 0.179 e. The lowest BCUT2D eigenvalue weighted by molar-refractivity contribution is 0.101. The lowest BCUT2D eigenvalue weighted by Gasteiger charge is -1.93. The second kappa shape index (κ2) is 2.92. The van der Waals surface area contributed by atoms with E-state index in [-0.39, 0.29) is 5.78 Å². The summed E-state index contributed by atoms with van der Waals surface area (Å²) in [6.07, 6.45) is 0. The first-order valence-electron chi connectivity index (χ1n) is 4.05. The van der Waals surface area contributed by atoms with Crippen LogP contribution in [0.25, 0.3) is 10.1 Å². The summed E-state index contributed by atoms with van der Waals surface area (Å²) in [7, 11) is 0. The van der Waals surface area contributed by atoms with Gasteiger partial charge in [0.25, 0.3) is 0 Å². The quantitative estimate of drug-likeness (QED) is 0.649. The SMILES string of the molecule is CC(=O)c1nsc2ccc(C)cc12. The van der Waals surface area contributed by atoms with Gasteiger partial charge in [0.15, 0.2) is 5.78 Å². The van der Waals surface area contributed by atoms with Gasteiger partial charge in [-0.1, -0.05) is 11.6 Å². The van der Waals surface area contributed by atoms with Crippen molar-refractivity contribution < 1.29 is 4.79 Å². The highest BCUT2D eigenvalue weighted by Gasteiger charge is 2.09. The Kier molecular flexibility index (Phi) is 1.88. The summed E-state index contributed by atoms with van der Waals surface area (Å²) in [5.41, 5.74) is 1.76. The second-order valence-corrected chi connectivity index (χ2v) is 3.89. The number of nitrogens with zero attached hydrogens (tertiary/aromatic N) is 1. The Labute approximate surface area is 80.4 Å². The van der Waals surface area contributed by atoms with Gasteiger partial charge in [0.05, 0.1) is 4.70 Å². The molecule has 13 heavy (non-hydrogen) atoms. The smallest absolute Gasteiger partial charge is 0.179 e. The number of Topliss-reactive ketones (excluding diaryl/α,β-unsaturated/α-hetero) is 1. The molecule has 1 aromatic heterocycles. The van der Waals surface area contributed by atoms with Crippen molar-refractivity contribution >= 4 is 27.4 Å². The number of ketones is 1. The Bertz CT molecular complexity index is 473. The molecule has 0 atom stereocenters. The van der Waals surface area contributed by atoms with E-state index in [2.05, 4.69) is 4.37 Å². The molecule has 1 aromatic carbocycles. The first-order chi connectivity index (χ1) is 6.18. The summed E-state index contributed by atoms with van der Waals surface area (Å²) >= 11 is 1.38. The molecule has 2 rings (SSSR count). The Balaban J connectivity index is 2.79. The van der Waals surface area contributed by atoms with Crippen LogP contribution in [0.5, 0.6) is 0 Å². The normalized spacial score (nSPS) is 10.6. The molecule has 1 heterocycles. The fourth-order valence-corrected chi connectivity index (χ4v) is 2.11. The number of carbonyl (C=O) groups is 1. The van der Waals surface area contributed by atoms with E-state index >= 15 is 0 Å². The molecule has 66 valence electrons. The third-order valence-electron chi connectivity index (χ3n) is 1.96. The van der Waals surface area contributed by atoms with Gasteiger partial charge in [-0.2, -0.15) is 4.37 Å². The first-order valence-corrected chi connectivity index (χ1v) is 4.83. The molecule has 0 amide bonds. The van der Waals surface area contributed by atoms with E-state index in [4.69, 9.17) is 0 Å². The molecule has 0 aliphatic rings. The summed E-state index contributed by atoms with van der Waals surface area (Å²) in [5.74, 6) is 0.0388. The monoisotopic (exact) mass is 191 g/mol. The van der Waals surface area contributed by atoms with Gasteiger partial charge in [0, 0.05) is 12.3 Å². The predicted molar refractivity (Wildman–Crippen MR) is 54.4 cm³/mol. The van der Waals surface area contributed by atoms with Crippen molar-refractivity contribution in [3.8, 4) is 0 Å². The van der Waals surface area contributed by atoms with Crippen molar-refractivity contribution in [1.29, 1.82) is 0 Å². The van der Waals surface area contributed by atoms with Crippen LogP contribution in [0, 0.1) is 6.92 Å². The molecule has 0 fully saturated rings. The summed E-state index contributed by atoms with van der Waals surface area (Å²) < 4.78 is 5.21. The van der Waals surface area contributed by atoms with Gasteiger partial charge >= 0.3 is 0 Å². The standard InChI is InChI=1S/C10H9NOS/c1-6-3-4-9-8(5-6)10(7(2)12)11-13-9/h3-5H,1-2H3. The molecular formula is C10H9NOS. The van der Waals surface area contributed by atoms with Crippen LogP contribution in [0.4, 0.5) is 0 Å². The van der Waals surface area contributed by atoms with Crippen LogP contribution < -0.4 is 0 Å². The van der Waals surface area contributed by atoms with E-state index in [0.29, 0.717) is 5.69 Å². The van der Waals surface area contributed by atoms with Gasteiger partial charge < -0.3 is 0 Å². The van der Waals surface area contributed by atoms with E-state index in [0.717, 1.165) is 15.6 Å². The van der Waals surface area contributed by atoms with Crippen LogP contribution >= 0.6 is 11.5 Å². The van der Waals surface area contributed by atoms with Crippen molar-refractivity contribution in [2.45, 2.75) is 13.8 Å². The Morgan fingerprint density at radius 1 is 1.46 bits per heavy atom. The highest BCUT2D eigenvalue weighted by atomic mass is 32.1. The van der Waals surface area contributed by atoms with Crippen LogP contribution in [0.1, 0.15) is 23.0 Å². The van der Waals surface area contributed by atoms with E-state index in [9.17, 15) is 4.79 Å². The fraction of sp³-hybridized carbons (Fsp3) is 0.200. The van der Waals surface area contributed by atoms with E-state index < -0.39 is 0 Å². The minimum absolute atomic E-state index is 0.0388. The fourth-order valence-electron chi connectivity index (χ4n) is 1.31. The summed E-state index contributed by atoms with van der Waals surface area (Å²) in [6, 6.07) is 6.05. The van der Waals surface area contributed by atoms with Gasteiger partial charge in [0.2, 0.25) is 0 Å². The zero-order chi connectivity index (χ0) is 9.42. The highest BCUT2D eigenvalue weighted by Crippen LogP contribution is 2.23. The number of rotatable bonds is 1. The van der Waals surface area contributed by atoms with Gasteiger partial charge in [-0.05, 0) is 30.6 Å². The van der Waals surface area contributed by atoms with Crippen molar-refractivity contribution in [1.82, 2.24) is 4.37 Å². The summed E-state index contributed by atoms with van der Waals surface area (Å²) in [6.45, 7) is 3.57. The predicted octanol–water partition coefficient (Wildman–Crippen LogP) is 2.81. The summed E-state index contributed by atoms with van der Waals surface area (Å²) in [5, 5.41) is 0.984. The lowest BCUT2D eigenvalue weighted by atomic mass is 10.1. The molecule has 0 bridgehead atoms. The van der Waals surface area contributed by atoms with Gasteiger partial charge in [-0.3, -0.25) is 4.79 Å². The molecule has 0 saturated carbocycles. The van der Waals surface area contributed by atoms with Crippen LogP contribution in [0.15, 0.2) is 18.2 Å². The molecule has 2 aromatic rings. The molecule has 2 nitrogen and oxygen atoms in total. The molecule has 0 aliphatic carbocycles. The number of aromatic nitrogens is 1. The first kappa shape index (κ1) is 8.38. The number of carbonyl (C=O) groups excluding carboxylic acids is 1. The van der Waals surface area contributed by atoms with Gasteiger partial charge in [-0.25, -0.2) is 0 Å². The minimum Gasteiger partial charge on any atom is -0.293 e. The third-order valence-corrected chi connectivity index (χ3v) is 2.79. The van der Waals surface area contributed by atoms with E-state index in [1.165, 1.54) is 11.5 Å². The largest absolute Gasteiger partial charge is 0.293 e. The van der Waals surface area contributed by atoms with Crippen molar-refractivity contribution in [2.75, 3.05) is 0 Å². The summed E-state index contributed by atoms with van der Waals surface area (Å²) in [4.78, 5) is 11.2. The van der Waals surface area contributed by atoms with Crippen molar-refractivity contribution in [3.63, 3.8) is 0 Å². The Morgan fingerprint density at radius 2 is 2.23 bits per heavy atom. The number of aryl methyl sites for hydroxylation is 1. The molecule has 0 aliphatic heterocycles. The van der Waals surface area contributed by atoms with Crippen LogP contribution in [0.2, 0.25) is 0 Å². The number of hydrogen-bond donors (Lipinski definition) is 0. The third kappa shape index (κ3) is 1.35. The van der Waals surface area contributed by atoms with E-state index in [1.54, 1.807) is 6.92 Å². The molecule has 0 radical (unpaired) electrons. The number of hydrogen-bond acceptors (Lipinski definition) is 3. The van der Waals surface area contributed by atoms with Crippen LogP contribution in [0.3, 0.4) is 0 Å². The minimum atomic E-state index is 0.0388. The van der Waals surface area contributed by atoms with E-state index in [1.807, 2.05) is 25.1 Å². The molecule has 0 spiro atoms. The Hall–Kier alpha value is -1.22. The molecule has 3 heteroatoms. The van der Waals surface area contributed by atoms with Crippen LogP contribution in [-0.2, 0) is 0 Å². The molecule has 0 saturated heterocycles. The lowest BCUT2D eigenvalue weighted by Crippen LogP contribution is -1.91. The van der Waals surface area contributed by atoms with Gasteiger partial charge in [-0.15, -0.1) is 0 Å². The zero-order valence-corrected chi connectivity index (χ0v) is 8.31. The van der Waals surface area contributed by atoms with Crippen LogP contribution in [-0.4, -0.2) is 10.2 Å². The van der Waals surface area contributed by atoms with Crippen molar-refractivity contribution in [3.05, 3.63) is 29.5 Å². The highest BCUT2D eigenvalue weighted by molar-refractivity contribution is 7.13. The average molecular weight is 191 g/mol. The number of fused-ring (bicyclic) bond motifs is 1. The maximum absolute atomic E-state index is 11.2. The van der Waals surface area contributed by atoms with Gasteiger partial charge in [0.1, 0.15) is 5.69 Å². The maximum atomic E-state index is 11.2. The number of benzene rings is 1. The molecule has 0 unspecified atom stereocenters. The second-order valence-electron chi connectivity index (χ2n) is 3.09.